The minimum Gasteiger partial charge on any atom is -0.385 e. The van der Waals surface area contributed by atoms with Crippen LogP contribution in [0.5, 0.6) is 0 Å². The van der Waals surface area contributed by atoms with Crippen LogP contribution in [0.2, 0.25) is 0 Å². The summed E-state index contributed by atoms with van der Waals surface area (Å²) in [5.74, 6) is 0. The van der Waals surface area contributed by atoms with Gasteiger partial charge in [0.2, 0.25) is 0 Å². The van der Waals surface area contributed by atoms with Crippen molar-refractivity contribution < 1.29 is 4.74 Å². The monoisotopic (exact) mass is 314 g/mol. The Morgan fingerprint density at radius 1 is 1.27 bits per heavy atom. The highest BCUT2D eigenvalue weighted by Gasteiger charge is 2.13. The van der Waals surface area contributed by atoms with Crippen molar-refractivity contribution in [3.63, 3.8) is 0 Å². The number of hydrogen-bond donors (Lipinski definition) is 0. The first-order chi connectivity index (χ1) is 10.7. The molecular weight excluding hydrogens is 296 g/mol. The number of thiophene rings is 1. The lowest BCUT2D eigenvalue weighted by atomic mass is 10.1. The standard InChI is InChI=1S/C17H18N2O2S/c1-12-4-6-13(7-5-12)14-10-22-16-15(14)17(20)19(11-18-16)8-3-9-21-2/h4-7,10-11H,3,8-9H2,1-2H3. The van der Waals surface area contributed by atoms with Crippen molar-refractivity contribution >= 4 is 21.6 Å². The van der Waals surface area contributed by atoms with Crippen molar-refractivity contribution in [3.8, 4) is 11.1 Å². The van der Waals surface area contributed by atoms with Crippen LogP contribution in [0.25, 0.3) is 21.3 Å². The number of ether oxygens (including phenoxy) is 1. The van der Waals surface area contributed by atoms with E-state index in [2.05, 4.69) is 36.2 Å². The van der Waals surface area contributed by atoms with Crippen molar-refractivity contribution in [2.75, 3.05) is 13.7 Å². The molecule has 0 unspecified atom stereocenters. The van der Waals surface area contributed by atoms with E-state index in [0.29, 0.717) is 18.5 Å². The number of hydrogen-bond acceptors (Lipinski definition) is 4. The van der Waals surface area contributed by atoms with E-state index in [-0.39, 0.29) is 5.56 Å². The largest absolute Gasteiger partial charge is 0.385 e. The number of aromatic nitrogens is 2. The summed E-state index contributed by atoms with van der Waals surface area (Å²) >= 11 is 1.52. The summed E-state index contributed by atoms with van der Waals surface area (Å²) in [6.07, 6.45) is 2.43. The maximum Gasteiger partial charge on any atom is 0.262 e. The van der Waals surface area contributed by atoms with Crippen LogP contribution in [0.3, 0.4) is 0 Å². The van der Waals surface area contributed by atoms with E-state index in [1.807, 2.05) is 5.38 Å². The molecule has 0 aliphatic rings. The average molecular weight is 314 g/mol. The number of methoxy groups -OCH3 is 1. The number of rotatable bonds is 5. The third-order valence-corrected chi connectivity index (χ3v) is 4.56. The molecule has 3 aromatic rings. The second-order valence-corrected chi connectivity index (χ2v) is 6.14. The SMILES string of the molecule is COCCCn1cnc2scc(-c3ccc(C)cc3)c2c1=O. The van der Waals surface area contributed by atoms with Gasteiger partial charge in [-0.25, -0.2) is 4.98 Å². The van der Waals surface area contributed by atoms with Gasteiger partial charge in [-0.1, -0.05) is 29.8 Å². The lowest BCUT2D eigenvalue weighted by Crippen LogP contribution is -2.21. The molecule has 0 aliphatic carbocycles. The third-order valence-electron chi connectivity index (χ3n) is 3.67. The van der Waals surface area contributed by atoms with Crippen molar-refractivity contribution in [1.29, 1.82) is 0 Å². The van der Waals surface area contributed by atoms with E-state index >= 15 is 0 Å². The van der Waals surface area contributed by atoms with Crippen molar-refractivity contribution in [2.45, 2.75) is 19.9 Å². The van der Waals surface area contributed by atoms with Gasteiger partial charge in [0, 0.05) is 31.2 Å². The van der Waals surface area contributed by atoms with Crippen LogP contribution in [0.1, 0.15) is 12.0 Å². The van der Waals surface area contributed by atoms with Gasteiger partial charge in [0.15, 0.2) is 0 Å². The van der Waals surface area contributed by atoms with Gasteiger partial charge in [0.05, 0.1) is 11.7 Å². The first-order valence-electron chi connectivity index (χ1n) is 7.23. The summed E-state index contributed by atoms with van der Waals surface area (Å²) in [7, 11) is 1.67. The fourth-order valence-corrected chi connectivity index (χ4v) is 3.36. The summed E-state index contributed by atoms with van der Waals surface area (Å²) in [4.78, 5) is 18.0. The van der Waals surface area contributed by atoms with Gasteiger partial charge in [-0.15, -0.1) is 11.3 Å². The lowest BCUT2D eigenvalue weighted by Gasteiger charge is -2.06. The summed E-state index contributed by atoms with van der Waals surface area (Å²) in [5.41, 5.74) is 3.26. The van der Waals surface area contributed by atoms with Crippen LogP contribution < -0.4 is 5.56 Å². The van der Waals surface area contributed by atoms with Gasteiger partial charge < -0.3 is 4.74 Å². The van der Waals surface area contributed by atoms with E-state index in [9.17, 15) is 4.79 Å². The Morgan fingerprint density at radius 3 is 2.77 bits per heavy atom. The lowest BCUT2D eigenvalue weighted by molar-refractivity contribution is 0.190. The van der Waals surface area contributed by atoms with Crippen molar-refractivity contribution in [1.82, 2.24) is 9.55 Å². The van der Waals surface area contributed by atoms with Crippen LogP contribution in [0, 0.1) is 6.92 Å². The molecule has 114 valence electrons. The first-order valence-corrected chi connectivity index (χ1v) is 8.11. The normalized spacial score (nSPS) is 11.2. The average Bonchev–Trinajstić information content (AvgIpc) is 2.95. The maximum atomic E-state index is 12.7. The number of fused-ring (bicyclic) bond motifs is 1. The van der Waals surface area contributed by atoms with Crippen molar-refractivity contribution in [3.05, 3.63) is 51.9 Å². The molecule has 0 amide bonds. The Kier molecular flexibility index (Phi) is 4.36. The van der Waals surface area contributed by atoms with Crippen LogP contribution in [-0.4, -0.2) is 23.3 Å². The van der Waals surface area contributed by atoms with E-state index < -0.39 is 0 Å². The predicted molar refractivity (Wildman–Crippen MR) is 90.5 cm³/mol. The summed E-state index contributed by atoms with van der Waals surface area (Å²) in [5, 5.41) is 2.73. The first kappa shape index (κ1) is 14.9. The molecule has 0 N–H and O–H groups in total. The van der Waals surface area contributed by atoms with E-state index in [1.54, 1.807) is 18.0 Å². The van der Waals surface area contributed by atoms with Gasteiger partial charge in [-0.2, -0.15) is 0 Å². The second kappa shape index (κ2) is 6.42. The molecule has 2 aromatic heterocycles. The Balaban J connectivity index is 2.06. The molecule has 0 fully saturated rings. The number of aryl methyl sites for hydroxylation is 2. The highest BCUT2D eigenvalue weighted by atomic mass is 32.1. The third kappa shape index (κ3) is 2.82. The topological polar surface area (TPSA) is 44.1 Å². The molecule has 3 rings (SSSR count). The molecule has 0 saturated carbocycles. The molecule has 0 atom stereocenters. The molecule has 4 nitrogen and oxygen atoms in total. The second-order valence-electron chi connectivity index (χ2n) is 5.29. The minimum absolute atomic E-state index is 0.0259. The van der Waals surface area contributed by atoms with Gasteiger partial charge in [-0.3, -0.25) is 9.36 Å². The van der Waals surface area contributed by atoms with E-state index in [0.717, 1.165) is 22.4 Å². The molecule has 0 saturated heterocycles. The van der Waals surface area contributed by atoms with Crippen LogP contribution in [-0.2, 0) is 11.3 Å². The van der Waals surface area contributed by atoms with E-state index in [1.165, 1.54) is 16.9 Å². The fraction of sp³-hybridized carbons (Fsp3) is 0.294. The molecule has 2 heterocycles. The van der Waals surface area contributed by atoms with Crippen molar-refractivity contribution in [2.24, 2.45) is 0 Å². The van der Waals surface area contributed by atoms with Gasteiger partial charge in [-0.05, 0) is 18.9 Å². The Labute approximate surface area is 133 Å². The highest BCUT2D eigenvalue weighted by Crippen LogP contribution is 2.30. The molecule has 0 aliphatic heterocycles. The maximum absolute atomic E-state index is 12.7. The molecule has 1 aromatic carbocycles. The minimum atomic E-state index is 0.0259. The summed E-state index contributed by atoms with van der Waals surface area (Å²) < 4.78 is 6.72. The van der Waals surface area contributed by atoms with Gasteiger partial charge in [0.1, 0.15) is 4.83 Å². The quantitative estimate of drug-likeness (QED) is 0.677. The molecule has 0 bridgehead atoms. The van der Waals surface area contributed by atoms with Crippen LogP contribution in [0.15, 0.2) is 40.8 Å². The number of nitrogens with zero attached hydrogens (tertiary/aromatic N) is 2. The molecule has 0 spiro atoms. The van der Waals surface area contributed by atoms with Crippen LogP contribution in [0.4, 0.5) is 0 Å². The fourth-order valence-electron chi connectivity index (χ4n) is 2.45. The molecule has 0 radical (unpaired) electrons. The summed E-state index contributed by atoms with van der Waals surface area (Å²) in [6.45, 7) is 3.32. The zero-order valence-corrected chi connectivity index (χ0v) is 13.5. The summed E-state index contributed by atoms with van der Waals surface area (Å²) in [6, 6.07) is 8.23. The van der Waals surface area contributed by atoms with E-state index in [4.69, 9.17) is 4.74 Å². The smallest absolute Gasteiger partial charge is 0.262 e. The molecule has 5 heteroatoms. The number of benzene rings is 1. The highest BCUT2D eigenvalue weighted by molar-refractivity contribution is 7.17. The Hall–Kier alpha value is -1.98. The van der Waals surface area contributed by atoms with Crippen LogP contribution >= 0.6 is 11.3 Å². The Bertz CT molecular complexity index is 834. The zero-order valence-electron chi connectivity index (χ0n) is 12.7. The Morgan fingerprint density at radius 2 is 2.05 bits per heavy atom. The predicted octanol–water partition coefficient (Wildman–Crippen LogP) is 3.47. The zero-order chi connectivity index (χ0) is 15.5. The van der Waals surface area contributed by atoms with Gasteiger partial charge in [0.25, 0.3) is 5.56 Å². The van der Waals surface area contributed by atoms with Gasteiger partial charge >= 0.3 is 0 Å². The molecular formula is C17H18N2O2S. The molecule has 22 heavy (non-hydrogen) atoms.